The second-order valence-electron chi connectivity index (χ2n) is 7.74. The molecule has 3 aromatic carbocycles. The maximum absolute atomic E-state index is 12.7. The van der Waals surface area contributed by atoms with E-state index in [4.69, 9.17) is 4.74 Å². The van der Waals surface area contributed by atoms with Crippen molar-refractivity contribution in [2.45, 2.75) is 20.3 Å². The predicted molar refractivity (Wildman–Crippen MR) is 126 cm³/mol. The lowest BCUT2D eigenvalue weighted by Gasteiger charge is -2.18. The Hall–Kier alpha value is -3.12. The third-order valence-electron chi connectivity index (χ3n) is 5.47. The van der Waals surface area contributed by atoms with Crippen molar-refractivity contribution in [3.8, 4) is 11.5 Å². The van der Waals surface area contributed by atoms with Crippen molar-refractivity contribution in [1.82, 2.24) is 0 Å². The monoisotopic (exact) mass is 478 g/mol. The van der Waals surface area contributed by atoms with E-state index in [1.165, 1.54) is 5.56 Å². The highest BCUT2D eigenvalue weighted by Crippen LogP contribution is 2.28. The largest absolute Gasteiger partial charge is 0.457 e. The van der Waals surface area contributed by atoms with E-state index in [1.807, 2.05) is 56.3 Å². The van der Waals surface area contributed by atoms with E-state index in [1.54, 1.807) is 29.2 Å². The molecule has 0 radical (unpaired) electrons. The second kappa shape index (κ2) is 8.94. The second-order valence-corrected chi connectivity index (χ2v) is 8.66. The van der Waals surface area contributed by atoms with E-state index < -0.39 is 0 Å². The molecule has 5 nitrogen and oxygen atoms in total. The van der Waals surface area contributed by atoms with Gasteiger partial charge in [-0.05, 0) is 85.6 Å². The van der Waals surface area contributed by atoms with Gasteiger partial charge in [0, 0.05) is 28.8 Å². The van der Waals surface area contributed by atoms with Crippen molar-refractivity contribution in [3.05, 3.63) is 82.3 Å². The third kappa shape index (κ3) is 4.97. The molecule has 3 aromatic rings. The molecular weight excluding hydrogens is 456 g/mol. The molecule has 1 atom stereocenters. The van der Waals surface area contributed by atoms with Crippen LogP contribution < -0.4 is 15.0 Å². The lowest BCUT2D eigenvalue weighted by atomic mass is 10.1. The summed E-state index contributed by atoms with van der Waals surface area (Å²) in [5, 5.41) is 2.92. The Balaban J connectivity index is 1.37. The summed E-state index contributed by atoms with van der Waals surface area (Å²) in [7, 11) is 0. The SMILES string of the molecule is Cc1ccc(N2C[C@H](C(=O)Nc3ccc(Oc4ccc(Br)cc4)cc3)CC2=O)cc1C. The van der Waals surface area contributed by atoms with Crippen LogP contribution in [-0.4, -0.2) is 18.4 Å². The number of halogens is 1. The first-order chi connectivity index (χ1) is 14.9. The highest BCUT2D eigenvalue weighted by Gasteiger charge is 2.35. The minimum Gasteiger partial charge on any atom is -0.457 e. The average molecular weight is 479 g/mol. The number of rotatable bonds is 5. The first-order valence-electron chi connectivity index (χ1n) is 10.1. The molecule has 1 aliphatic rings. The quantitative estimate of drug-likeness (QED) is 0.500. The molecule has 0 spiro atoms. The first-order valence-corrected chi connectivity index (χ1v) is 10.9. The van der Waals surface area contributed by atoms with Gasteiger partial charge in [-0.3, -0.25) is 9.59 Å². The summed E-state index contributed by atoms with van der Waals surface area (Å²) in [6.45, 7) is 4.45. The Morgan fingerprint density at radius 1 is 0.968 bits per heavy atom. The van der Waals surface area contributed by atoms with Gasteiger partial charge in [-0.15, -0.1) is 0 Å². The van der Waals surface area contributed by atoms with Crippen molar-refractivity contribution < 1.29 is 14.3 Å². The number of hydrogen-bond donors (Lipinski definition) is 1. The number of carbonyl (C=O) groups excluding carboxylic acids is 2. The molecule has 0 aliphatic carbocycles. The minimum atomic E-state index is -0.382. The van der Waals surface area contributed by atoms with Crippen LogP contribution in [0.5, 0.6) is 11.5 Å². The van der Waals surface area contributed by atoms with Crippen molar-refractivity contribution in [1.29, 1.82) is 0 Å². The number of amides is 2. The van der Waals surface area contributed by atoms with E-state index in [-0.39, 0.29) is 24.2 Å². The summed E-state index contributed by atoms with van der Waals surface area (Å²) in [6, 6.07) is 20.7. The van der Waals surface area contributed by atoms with E-state index in [0.29, 0.717) is 18.0 Å². The van der Waals surface area contributed by atoms with Crippen LogP contribution in [0, 0.1) is 19.8 Å². The summed E-state index contributed by atoms with van der Waals surface area (Å²) in [6.07, 6.45) is 0.212. The lowest BCUT2D eigenvalue weighted by molar-refractivity contribution is -0.122. The molecule has 1 N–H and O–H groups in total. The number of hydrogen-bond acceptors (Lipinski definition) is 3. The van der Waals surface area contributed by atoms with Crippen LogP contribution in [0.15, 0.2) is 71.2 Å². The van der Waals surface area contributed by atoms with E-state index in [0.717, 1.165) is 21.5 Å². The molecule has 0 bridgehead atoms. The number of nitrogens with zero attached hydrogens (tertiary/aromatic N) is 1. The van der Waals surface area contributed by atoms with Crippen LogP contribution in [0.3, 0.4) is 0 Å². The molecule has 2 amide bonds. The van der Waals surface area contributed by atoms with Gasteiger partial charge >= 0.3 is 0 Å². The van der Waals surface area contributed by atoms with Gasteiger partial charge in [0.25, 0.3) is 0 Å². The molecule has 1 aliphatic heterocycles. The smallest absolute Gasteiger partial charge is 0.229 e. The Kier molecular flexibility index (Phi) is 6.09. The zero-order valence-electron chi connectivity index (χ0n) is 17.4. The number of ether oxygens (including phenoxy) is 1. The van der Waals surface area contributed by atoms with Gasteiger partial charge in [-0.25, -0.2) is 0 Å². The predicted octanol–water partition coefficient (Wildman–Crippen LogP) is 5.85. The summed E-state index contributed by atoms with van der Waals surface area (Å²) in [5.74, 6) is 0.851. The van der Waals surface area contributed by atoms with Crippen LogP contribution in [-0.2, 0) is 9.59 Å². The van der Waals surface area contributed by atoms with Crippen LogP contribution in [0.2, 0.25) is 0 Å². The van der Waals surface area contributed by atoms with E-state index in [2.05, 4.69) is 21.2 Å². The third-order valence-corrected chi connectivity index (χ3v) is 6.00. The van der Waals surface area contributed by atoms with Crippen LogP contribution in [0.25, 0.3) is 0 Å². The molecule has 6 heteroatoms. The number of anilines is 2. The lowest BCUT2D eigenvalue weighted by Crippen LogP contribution is -2.28. The highest BCUT2D eigenvalue weighted by molar-refractivity contribution is 9.10. The van der Waals surface area contributed by atoms with Crippen molar-refractivity contribution in [2.75, 3.05) is 16.8 Å². The topological polar surface area (TPSA) is 58.6 Å². The molecule has 0 aromatic heterocycles. The zero-order chi connectivity index (χ0) is 22.0. The van der Waals surface area contributed by atoms with Crippen molar-refractivity contribution in [3.63, 3.8) is 0 Å². The number of nitrogens with one attached hydrogen (secondary N) is 1. The Labute approximate surface area is 190 Å². The molecule has 4 rings (SSSR count). The van der Waals surface area contributed by atoms with Gasteiger partial charge < -0.3 is 15.0 Å². The minimum absolute atomic E-state index is 0.0263. The highest BCUT2D eigenvalue weighted by atomic mass is 79.9. The molecule has 1 heterocycles. The Morgan fingerprint density at radius 3 is 2.26 bits per heavy atom. The molecule has 1 fully saturated rings. The number of carbonyl (C=O) groups is 2. The Morgan fingerprint density at radius 2 is 1.61 bits per heavy atom. The fraction of sp³-hybridized carbons (Fsp3) is 0.200. The van der Waals surface area contributed by atoms with E-state index >= 15 is 0 Å². The zero-order valence-corrected chi connectivity index (χ0v) is 19.0. The number of benzene rings is 3. The van der Waals surface area contributed by atoms with Crippen LogP contribution in [0.1, 0.15) is 17.5 Å². The van der Waals surface area contributed by atoms with E-state index in [9.17, 15) is 9.59 Å². The summed E-state index contributed by atoms with van der Waals surface area (Å²) >= 11 is 3.40. The number of aryl methyl sites for hydroxylation is 2. The van der Waals surface area contributed by atoms with Gasteiger partial charge in [-0.2, -0.15) is 0 Å². The van der Waals surface area contributed by atoms with Crippen molar-refractivity contribution >= 4 is 39.1 Å². The molecule has 1 saturated heterocycles. The van der Waals surface area contributed by atoms with Gasteiger partial charge in [0.1, 0.15) is 11.5 Å². The van der Waals surface area contributed by atoms with Gasteiger partial charge in [0.15, 0.2) is 0 Å². The molecular formula is C25H23BrN2O3. The van der Waals surface area contributed by atoms with Gasteiger partial charge in [-0.1, -0.05) is 22.0 Å². The maximum atomic E-state index is 12.7. The van der Waals surface area contributed by atoms with Gasteiger partial charge in [0.2, 0.25) is 11.8 Å². The first kappa shape index (κ1) is 21.1. The fourth-order valence-corrected chi connectivity index (χ4v) is 3.78. The molecule has 0 unspecified atom stereocenters. The normalized spacial score (nSPS) is 15.8. The molecule has 158 valence electrons. The standard InChI is InChI=1S/C25H23BrN2O3/c1-16-3-8-21(13-17(16)2)28-15-18(14-24(28)29)25(30)27-20-6-11-23(12-7-20)31-22-9-4-19(26)5-10-22/h3-13,18H,14-15H2,1-2H3,(H,27,30)/t18-/m1/s1. The van der Waals surface area contributed by atoms with Crippen LogP contribution in [0.4, 0.5) is 11.4 Å². The van der Waals surface area contributed by atoms with Crippen molar-refractivity contribution in [2.24, 2.45) is 5.92 Å². The van der Waals surface area contributed by atoms with Gasteiger partial charge in [0.05, 0.1) is 5.92 Å². The van der Waals surface area contributed by atoms with Crippen LogP contribution >= 0.6 is 15.9 Å². The summed E-state index contributed by atoms with van der Waals surface area (Å²) < 4.78 is 6.79. The maximum Gasteiger partial charge on any atom is 0.229 e. The average Bonchev–Trinajstić information content (AvgIpc) is 3.15. The summed E-state index contributed by atoms with van der Waals surface area (Å²) in [5.41, 5.74) is 3.82. The molecule has 0 saturated carbocycles. The summed E-state index contributed by atoms with van der Waals surface area (Å²) in [4.78, 5) is 26.9. The Bertz CT molecular complexity index is 1110. The fourth-order valence-electron chi connectivity index (χ4n) is 3.52. The molecule has 31 heavy (non-hydrogen) atoms.